The van der Waals surface area contributed by atoms with Crippen LogP contribution in [0.15, 0.2) is 0 Å². The lowest BCUT2D eigenvalue weighted by molar-refractivity contribution is -0.361. The van der Waals surface area contributed by atoms with Gasteiger partial charge < -0.3 is 10.4 Å². The second-order valence-electron chi connectivity index (χ2n) is 2.79. The number of hydrogen-bond donors (Lipinski definition) is 2. The molecule has 6 nitrogen and oxygen atoms in total. The lowest BCUT2D eigenvalue weighted by Crippen LogP contribution is -2.42. The highest BCUT2D eigenvalue weighted by Gasteiger charge is 2.38. The summed E-state index contributed by atoms with van der Waals surface area (Å²) in [6.45, 7) is 3.72. The molecule has 2 N–H and O–H groups in total. The molecule has 0 spiro atoms. The normalized spacial score (nSPS) is 17.2. The van der Waals surface area contributed by atoms with E-state index in [1.54, 1.807) is 5.06 Å². The Kier molecular flexibility index (Phi) is 8.25. The molecule has 1 aliphatic rings. The van der Waals surface area contributed by atoms with E-state index in [-0.39, 0.29) is 0 Å². The molecule has 102 valence electrons. The van der Waals surface area contributed by atoms with Crippen LogP contribution in [0.3, 0.4) is 0 Å². The summed E-state index contributed by atoms with van der Waals surface area (Å²) in [7, 11) is 0. The molecular weight excluding hydrogens is 265 g/mol. The molecule has 0 radical (unpaired) electrons. The Hall–Kier alpha value is -0.550. The van der Waals surface area contributed by atoms with Crippen molar-refractivity contribution in [1.29, 1.82) is 0 Å². The van der Waals surface area contributed by atoms with Crippen LogP contribution >= 0.6 is 12.0 Å². The van der Waals surface area contributed by atoms with Crippen molar-refractivity contribution in [2.75, 3.05) is 32.4 Å². The molecular formula is C7H13F3N2O4S. The number of carboxylic acids is 1. The maximum atomic E-state index is 10.6. The van der Waals surface area contributed by atoms with Crippen molar-refractivity contribution in [2.45, 2.75) is 6.18 Å². The van der Waals surface area contributed by atoms with E-state index in [9.17, 15) is 13.2 Å². The largest absolute Gasteiger partial charge is 0.490 e. The summed E-state index contributed by atoms with van der Waals surface area (Å²) < 4.78 is 36.4. The van der Waals surface area contributed by atoms with Crippen LogP contribution in [0.25, 0.3) is 0 Å². The van der Waals surface area contributed by atoms with Crippen LogP contribution < -0.4 is 5.32 Å². The average molecular weight is 278 g/mol. The fourth-order valence-corrected chi connectivity index (χ4v) is 0.939. The topological polar surface area (TPSA) is 71.0 Å². The number of alkyl halides is 3. The first kappa shape index (κ1) is 16.4. The van der Waals surface area contributed by atoms with Gasteiger partial charge in [0.1, 0.15) is 0 Å². The van der Waals surface area contributed by atoms with Gasteiger partial charge in [-0.3, -0.25) is 0 Å². The number of carbonyl (C=O) groups is 1. The number of nitrogens with zero attached hydrogens (tertiary/aromatic N) is 1. The van der Waals surface area contributed by atoms with Crippen molar-refractivity contribution in [2.24, 2.45) is 0 Å². The molecule has 1 aliphatic heterocycles. The lowest BCUT2D eigenvalue weighted by atomic mass is 10.4. The number of hydrogen-bond acceptors (Lipinski definition) is 6. The fourth-order valence-electron chi connectivity index (χ4n) is 0.792. The van der Waals surface area contributed by atoms with Gasteiger partial charge in [0, 0.05) is 44.5 Å². The van der Waals surface area contributed by atoms with E-state index in [2.05, 4.69) is 9.65 Å². The molecule has 17 heavy (non-hydrogen) atoms. The van der Waals surface area contributed by atoms with Crippen LogP contribution in [-0.4, -0.2) is 54.8 Å². The third-order valence-electron chi connectivity index (χ3n) is 1.52. The van der Waals surface area contributed by atoms with Crippen molar-refractivity contribution >= 4 is 18.0 Å². The van der Waals surface area contributed by atoms with E-state index in [1.165, 1.54) is 12.0 Å². The monoisotopic (exact) mass is 278 g/mol. The Bertz CT molecular complexity index is 224. The molecule has 10 heteroatoms. The molecule has 0 unspecified atom stereocenters. The van der Waals surface area contributed by atoms with Crippen molar-refractivity contribution in [1.82, 2.24) is 10.4 Å². The van der Waals surface area contributed by atoms with Crippen LogP contribution in [0.1, 0.15) is 0 Å². The van der Waals surface area contributed by atoms with E-state index >= 15 is 0 Å². The van der Waals surface area contributed by atoms with Gasteiger partial charge in [-0.2, -0.15) is 18.2 Å². The minimum Gasteiger partial charge on any atom is -0.475 e. The minimum atomic E-state index is -5.08. The van der Waals surface area contributed by atoms with E-state index in [4.69, 9.17) is 14.9 Å². The molecule has 0 aromatic heterocycles. The summed E-state index contributed by atoms with van der Waals surface area (Å²) in [6.07, 6.45) is -3.26. The predicted octanol–water partition coefficient (Wildman–Crippen LogP) is 0.666. The molecule has 1 rings (SSSR count). The minimum absolute atomic E-state index is 0.889. The van der Waals surface area contributed by atoms with Crippen LogP contribution in [0.2, 0.25) is 0 Å². The molecule has 0 aromatic rings. The number of piperazine rings is 1. The first-order chi connectivity index (χ1) is 7.88. The zero-order valence-electron chi connectivity index (χ0n) is 8.99. The van der Waals surface area contributed by atoms with Crippen molar-refractivity contribution in [3.8, 4) is 0 Å². The molecule has 0 bridgehead atoms. The highest BCUT2D eigenvalue weighted by molar-refractivity contribution is 7.93. The highest BCUT2D eigenvalue weighted by Crippen LogP contribution is 2.13. The molecule has 0 amide bonds. The highest BCUT2D eigenvalue weighted by atomic mass is 32.2. The van der Waals surface area contributed by atoms with Crippen molar-refractivity contribution < 1.29 is 32.4 Å². The predicted molar refractivity (Wildman–Crippen MR) is 53.8 cm³/mol. The summed E-state index contributed by atoms with van der Waals surface area (Å²) in [5.74, 6) is -2.76. The van der Waals surface area contributed by atoms with Gasteiger partial charge in [-0.15, -0.1) is 9.32 Å². The molecule has 0 aromatic carbocycles. The smallest absolute Gasteiger partial charge is 0.475 e. The number of aliphatic carboxylic acids is 1. The molecule has 1 saturated heterocycles. The zero-order valence-corrected chi connectivity index (χ0v) is 9.81. The van der Waals surface area contributed by atoms with Crippen LogP contribution in [0.4, 0.5) is 13.2 Å². The van der Waals surface area contributed by atoms with Crippen molar-refractivity contribution in [3.63, 3.8) is 0 Å². The van der Waals surface area contributed by atoms with Crippen LogP contribution in [0.5, 0.6) is 0 Å². The number of carboxylic acid groups (broad SMARTS) is 1. The summed E-state index contributed by atoms with van der Waals surface area (Å²) in [6, 6.07) is 0. The quantitative estimate of drug-likeness (QED) is 0.446. The van der Waals surface area contributed by atoms with Gasteiger partial charge in [0.2, 0.25) is 0 Å². The second-order valence-corrected chi connectivity index (χ2v) is 3.26. The van der Waals surface area contributed by atoms with E-state index < -0.39 is 12.1 Å². The van der Waals surface area contributed by atoms with Gasteiger partial charge in [0.25, 0.3) is 0 Å². The van der Waals surface area contributed by atoms with E-state index in [0.717, 1.165) is 26.2 Å². The molecule has 0 saturated carbocycles. The number of nitrogens with one attached hydrogen (secondary N) is 1. The second kappa shape index (κ2) is 8.53. The zero-order chi connectivity index (χ0) is 13.3. The lowest BCUT2D eigenvalue weighted by Gasteiger charge is -2.23. The van der Waals surface area contributed by atoms with Gasteiger partial charge in [0.05, 0.1) is 0 Å². The third kappa shape index (κ3) is 9.18. The SMILES string of the molecule is CSOON1CCNCC1.O=C(O)C(F)(F)F. The Morgan fingerprint density at radius 3 is 2.24 bits per heavy atom. The maximum Gasteiger partial charge on any atom is 0.490 e. The molecule has 0 aliphatic carbocycles. The number of hydroxylamine groups is 2. The van der Waals surface area contributed by atoms with Gasteiger partial charge in [0.15, 0.2) is 0 Å². The van der Waals surface area contributed by atoms with Crippen molar-refractivity contribution in [3.05, 3.63) is 0 Å². The first-order valence-electron chi connectivity index (χ1n) is 4.51. The number of rotatable bonds is 3. The van der Waals surface area contributed by atoms with Gasteiger partial charge in [-0.05, 0) is 0 Å². The Morgan fingerprint density at radius 1 is 1.41 bits per heavy atom. The third-order valence-corrected chi connectivity index (χ3v) is 1.72. The standard InChI is InChI=1S/C5H12N2O2S.C2HF3O2/c1-10-9-8-7-4-2-6-3-5-7;3-2(4,5)1(6)7/h6H,2-5H2,1H3;(H,6,7). The Balaban J connectivity index is 0.000000325. The molecule has 0 atom stereocenters. The first-order valence-corrected chi connectivity index (χ1v) is 5.66. The fraction of sp³-hybridized carbons (Fsp3) is 0.857. The molecule has 1 heterocycles. The van der Waals surface area contributed by atoms with E-state index in [0.29, 0.717) is 0 Å². The van der Waals surface area contributed by atoms with E-state index in [1.807, 2.05) is 6.26 Å². The van der Waals surface area contributed by atoms with Gasteiger partial charge in [-0.1, -0.05) is 0 Å². The Labute approximate surface area is 100 Å². The van der Waals surface area contributed by atoms with Gasteiger partial charge >= 0.3 is 12.1 Å². The average Bonchev–Trinajstić information content (AvgIpc) is 2.27. The maximum absolute atomic E-state index is 10.6. The summed E-state index contributed by atoms with van der Waals surface area (Å²) in [5.41, 5.74) is 0. The van der Waals surface area contributed by atoms with Gasteiger partial charge in [-0.25, -0.2) is 4.79 Å². The summed E-state index contributed by atoms with van der Waals surface area (Å²) >= 11 is 1.21. The number of halogens is 3. The van der Waals surface area contributed by atoms with Crippen LogP contribution in [0, 0.1) is 0 Å². The van der Waals surface area contributed by atoms with Crippen LogP contribution in [-0.2, 0) is 14.1 Å². The summed E-state index contributed by atoms with van der Waals surface area (Å²) in [4.78, 5) is 13.8. The molecule has 1 fully saturated rings. The summed E-state index contributed by atoms with van der Waals surface area (Å²) in [5, 5.41) is 12.1. The Morgan fingerprint density at radius 2 is 1.88 bits per heavy atom.